The van der Waals surface area contributed by atoms with Gasteiger partial charge in [-0.05, 0) is 46.1 Å². The molecule has 0 aliphatic heterocycles. The Morgan fingerprint density at radius 3 is 2.47 bits per heavy atom. The second kappa shape index (κ2) is 6.58. The molecule has 19 heavy (non-hydrogen) atoms. The largest absolute Gasteiger partial charge is 0.369 e. The Kier molecular flexibility index (Phi) is 5.06. The van der Waals surface area contributed by atoms with E-state index in [2.05, 4.69) is 93.2 Å². The zero-order valence-corrected chi connectivity index (χ0v) is 14.3. The normalized spacial score (nSPS) is 10.5. The Labute approximate surface area is 131 Å². The van der Waals surface area contributed by atoms with Crippen LogP contribution in [0.1, 0.15) is 16.7 Å². The zero-order chi connectivity index (χ0) is 13.8. The van der Waals surface area contributed by atoms with Gasteiger partial charge < -0.3 is 4.90 Å². The Morgan fingerprint density at radius 1 is 1.05 bits per heavy atom. The van der Waals surface area contributed by atoms with E-state index < -0.39 is 0 Å². The van der Waals surface area contributed by atoms with Crippen molar-refractivity contribution >= 4 is 37.5 Å². The maximum Gasteiger partial charge on any atom is 0.0511 e. The van der Waals surface area contributed by atoms with E-state index in [4.69, 9.17) is 0 Å². The summed E-state index contributed by atoms with van der Waals surface area (Å²) in [4.78, 5) is 2.26. The van der Waals surface area contributed by atoms with Crippen LogP contribution in [0.25, 0.3) is 0 Å². The van der Waals surface area contributed by atoms with E-state index in [0.29, 0.717) is 0 Å². The summed E-state index contributed by atoms with van der Waals surface area (Å²) in [5.74, 6) is 0. The van der Waals surface area contributed by atoms with Crippen molar-refractivity contribution in [2.75, 3.05) is 11.9 Å². The average molecular weight is 383 g/mol. The van der Waals surface area contributed by atoms with Gasteiger partial charge in [-0.1, -0.05) is 51.8 Å². The fourth-order valence-corrected chi connectivity index (χ4v) is 3.19. The predicted octanol–water partition coefficient (Wildman–Crippen LogP) is 5.29. The van der Waals surface area contributed by atoms with Crippen molar-refractivity contribution in [3.63, 3.8) is 0 Å². The Morgan fingerprint density at radius 2 is 1.84 bits per heavy atom. The van der Waals surface area contributed by atoms with Crippen molar-refractivity contribution in [3.05, 3.63) is 63.6 Å². The number of alkyl halides is 1. The van der Waals surface area contributed by atoms with Gasteiger partial charge in [-0.15, -0.1) is 0 Å². The van der Waals surface area contributed by atoms with E-state index in [1.165, 1.54) is 22.4 Å². The average Bonchev–Trinajstić information content (AvgIpc) is 2.38. The third kappa shape index (κ3) is 3.83. The molecule has 100 valence electrons. The molecule has 0 heterocycles. The molecule has 1 nitrogen and oxygen atoms in total. The molecular weight excluding hydrogens is 366 g/mol. The second-order valence-electron chi connectivity index (χ2n) is 4.76. The molecule has 0 fully saturated rings. The van der Waals surface area contributed by atoms with Crippen LogP contribution in [0, 0.1) is 6.92 Å². The molecule has 2 aromatic rings. The predicted molar refractivity (Wildman–Crippen MR) is 90.1 cm³/mol. The summed E-state index contributed by atoms with van der Waals surface area (Å²) >= 11 is 7.13. The number of hydrogen-bond acceptors (Lipinski definition) is 1. The first-order chi connectivity index (χ1) is 9.10. The monoisotopic (exact) mass is 381 g/mol. The number of benzene rings is 2. The van der Waals surface area contributed by atoms with E-state index in [1.807, 2.05) is 0 Å². The van der Waals surface area contributed by atoms with Crippen LogP contribution in [0.15, 0.2) is 46.9 Å². The number of hydrogen-bond donors (Lipinski definition) is 0. The number of anilines is 1. The number of halogens is 2. The first kappa shape index (κ1) is 14.6. The van der Waals surface area contributed by atoms with Crippen LogP contribution >= 0.6 is 31.9 Å². The first-order valence-electron chi connectivity index (χ1n) is 6.21. The summed E-state index contributed by atoms with van der Waals surface area (Å²) < 4.78 is 1.14. The molecule has 0 aliphatic rings. The van der Waals surface area contributed by atoms with Gasteiger partial charge in [0.05, 0.1) is 5.69 Å². The molecular formula is C16H17Br2N. The molecule has 0 saturated carbocycles. The van der Waals surface area contributed by atoms with Crippen LogP contribution in [-0.2, 0) is 11.9 Å². The maximum absolute atomic E-state index is 3.65. The van der Waals surface area contributed by atoms with Crippen molar-refractivity contribution in [1.29, 1.82) is 0 Å². The summed E-state index contributed by atoms with van der Waals surface area (Å²) in [6, 6.07) is 15.1. The lowest BCUT2D eigenvalue weighted by Gasteiger charge is -2.21. The standard InChI is InChI=1S/C16H17Br2N/c1-12-4-3-5-14(8-12)11-19(2)16-7-6-13(10-17)9-15(16)18/h3-9H,10-11H2,1-2H3. The van der Waals surface area contributed by atoms with E-state index >= 15 is 0 Å². The van der Waals surface area contributed by atoms with E-state index in [1.54, 1.807) is 0 Å². The summed E-state index contributed by atoms with van der Waals surface area (Å²) in [7, 11) is 2.12. The molecule has 0 aromatic heterocycles. The molecule has 0 atom stereocenters. The van der Waals surface area contributed by atoms with Crippen molar-refractivity contribution < 1.29 is 0 Å². The maximum atomic E-state index is 3.65. The van der Waals surface area contributed by atoms with Gasteiger partial charge in [-0.25, -0.2) is 0 Å². The van der Waals surface area contributed by atoms with Crippen molar-refractivity contribution in [3.8, 4) is 0 Å². The van der Waals surface area contributed by atoms with Gasteiger partial charge in [0.25, 0.3) is 0 Å². The van der Waals surface area contributed by atoms with E-state index in [9.17, 15) is 0 Å². The van der Waals surface area contributed by atoms with Gasteiger partial charge in [0.1, 0.15) is 0 Å². The Balaban J connectivity index is 2.18. The third-order valence-electron chi connectivity index (χ3n) is 3.08. The van der Waals surface area contributed by atoms with Crippen molar-refractivity contribution in [2.24, 2.45) is 0 Å². The number of aryl methyl sites for hydroxylation is 1. The van der Waals surface area contributed by atoms with Gasteiger partial charge in [0, 0.05) is 23.4 Å². The highest BCUT2D eigenvalue weighted by molar-refractivity contribution is 9.10. The molecule has 0 N–H and O–H groups in total. The van der Waals surface area contributed by atoms with E-state index in [-0.39, 0.29) is 0 Å². The molecule has 0 amide bonds. The molecule has 0 spiro atoms. The quantitative estimate of drug-likeness (QED) is 0.649. The van der Waals surface area contributed by atoms with Crippen molar-refractivity contribution in [1.82, 2.24) is 0 Å². The minimum Gasteiger partial charge on any atom is -0.369 e. The second-order valence-corrected chi connectivity index (χ2v) is 6.18. The minimum atomic E-state index is 0.882. The Bertz CT molecular complexity index is 566. The SMILES string of the molecule is Cc1cccc(CN(C)c2ccc(CBr)cc2Br)c1. The summed E-state index contributed by atoms with van der Waals surface area (Å²) in [6.07, 6.45) is 0. The fraction of sp³-hybridized carbons (Fsp3) is 0.250. The molecule has 0 aliphatic carbocycles. The van der Waals surface area contributed by atoms with Crippen molar-refractivity contribution in [2.45, 2.75) is 18.8 Å². The molecule has 0 bridgehead atoms. The highest BCUT2D eigenvalue weighted by atomic mass is 79.9. The number of rotatable bonds is 4. The van der Waals surface area contributed by atoms with Crippen LogP contribution in [0.3, 0.4) is 0 Å². The summed E-state index contributed by atoms with van der Waals surface area (Å²) in [5, 5.41) is 0.882. The van der Waals surface area contributed by atoms with Gasteiger partial charge >= 0.3 is 0 Å². The van der Waals surface area contributed by atoms with Gasteiger partial charge in [-0.2, -0.15) is 0 Å². The summed E-state index contributed by atoms with van der Waals surface area (Å²) in [5.41, 5.74) is 5.13. The molecule has 0 radical (unpaired) electrons. The van der Waals surface area contributed by atoms with Crippen LogP contribution in [-0.4, -0.2) is 7.05 Å². The first-order valence-corrected chi connectivity index (χ1v) is 8.12. The highest BCUT2D eigenvalue weighted by Gasteiger charge is 2.07. The molecule has 2 aromatic carbocycles. The molecule has 0 unspecified atom stereocenters. The lowest BCUT2D eigenvalue weighted by molar-refractivity contribution is 0.918. The summed E-state index contributed by atoms with van der Waals surface area (Å²) in [6.45, 7) is 3.04. The molecule has 3 heteroatoms. The molecule has 0 saturated heterocycles. The van der Waals surface area contributed by atoms with Gasteiger partial charge in [0.15, 0.2) is 0 Å². The van der Waals surface area contributed by atoms with Gasteiger partial charge in [-0.3, -0.25) is 0 Å². The fourth-order valence-electron chi connectivity index (χ4n) is 2.11. The molecule has 2 rings (SSSR count). The lowest BCUT2D eigenvalue weighted by atomic mass is 10.1. The Hall–Kier alpha value is -0.800. The van der Waals surface area contributed by atoms with Crippen LogP contribution in [0.4, 0.5) is 5.69 Å². The smallest absolute Gasteiger partial charge is 0.0511 e. The van der Waals surface area contributed by atoms with Crippen LogP contribution < -0.4 is 4.90 Å². The number of nitrogens with zero attached hydrogens (tertiary/aromatic N) is 1. The zero-order valence-electron chi connectivity index (χ0n) is 11.2. The topological polar surface area (TPSA) is 3.24 Å². The third-order valence-corrected chi connectivity index (χ3v) is 4.36. The minimum absolute atomic E-state index is 0.882. The van der Waals surface area contributed by atoms with E-state index in [0.717, 1.165) is 16.3 Å². The van der Waals surface area contributed by atoms with Crippen LogP contribution in [0.2, 0.25) is 0 Å². The van der Waals surface area contributed by atoms with Gasteiger partial charge in [0.2, 0.25) is 0 Å². The lowest BCUT2D eigenvalue weighted by Crippen LogP contribution is -2.16. The van der Waals surface area contributed by atoms with Crippen LogP contribution in [0.5, 0.6) is 0 Å². The highest BCUT2D eigenvalue weighted by Crippen LogP contribution is 2.28.